The predicted octanol–water partition coefficient (Wildman–Crippen LogP) is 1.66. The van der Waals surface area contributed by atoms with E-state index in [2.05, 4.69) is 0 Å². The fraction of sp³-hybridized carbons (Fsp3) is 0. The third kappa shape index (κ3) is 2.32. The molecule has 0 heterocycles. The summed E-state index contributed by atoms with van der Waals surface area (Å²) in [7, 11) is -4.09. The fourth-order valence-corrected chi connectivity index (χ4v) is 1.44. The second-order valence-electron chi connectivity index (χ2n) is 2.02. The Morgan fingerprint density at radius 2 is 1.75 bits per heavy atom. The molecular weight excluding hydrogens is 295 g/mol. The Labute approximate surface area is 84.0 Å². The van der Waals surface area contributed by atoms with Gasteiger partial charge in [0.15, 0.2) is 23.0 Å². The minimum atomic E-state index is -4.09. The van der Waals surface area contributed by atoms with Gasteiger partial charge in [0.1, 0.15) is 5.75 Å². The maximum absolute atomic E-state index is 10.5. The lowest BCUT2D eigenvalue weighted by atomic mass is 10.3. The van der Waals surface area contributed by atoms with Crippen LogP contribution in [0.15, 0.2) is 29.2 Å². The van der Waals surface area contributed by atoms with E-state index in [-0.39, 0.29) is 4.90 Å². The third-order valence-corrected chi connectivity index (χ3v) is 2.59. The van der Waals surface area contributed by atoms with Crippen molar-refractivity contribution in [2.45, 2.75) is 4.90 Å². The Bertz CT molecular complexity index is 356. The molecule has 0 aromatic heterocycles. The summed E-state index contributed by atoms with van der Waals surface area (Å²) in [6.07, 6.45) is 0. The second-order valence-corrected chi connectivity index (χ2v) is 3.89. The van der Waals surface area contributed by atoms with Crippen molar-refractivity contribution in [2.75, 3.05) is 0 Å². The van der Waals surface area contributed by atoms with Gasteiger partial charge in [-0.2, -0.15) is 8.42 Å². The van der Waals surface area contributed by atoms with E-state index in [1.807, 2.05) is 0 Å². The Balaban J connectivity index is 3.09. The molecule has 1 rings (SSSR count). The molecule has 0 unspecified atom stereocenters. The van der Waals surface area contributed by atoms with E-state index in [9.17, 15) is 8.42 Å². The SMILES string of the molecule is O=S(=O)(O)c1ccc(OI)cc1. The summed E-state index contributed by atoms with van der Waals surface area (Å²) in [6, 6.07) is 5.44. The van der Waals surface area contributed by atoms with Crippen molar-refractivity contribution in [1.82, 2.24) is 0 Å². The van der Waals surface area contributed by atoms with Crippen molar-refractivity contribution >= 4 is 33.1 Å². The molecule has 0 fully saturated rings. The van der Waals surface area contributed by atoms with Gasteiger partial charge >= 0.3 is 0 Å². The lowest BCUT2D eigenvalue weighted by molar-refractivity contribution is 0.483. The van der Waals surface area contributed by atoms with Gasteiger partial charge in [-0.15, -0.1) is 0 Å². The number of hydrogen-bond acceptors (Lipinski definition) is 3. The quantitative estimate of drug-likeness (QED) is 0.666. The summed E-state index contributed by atoms with van der Waals surface area (Å²) in [5.74, 6) is 0.531. The molecule has 0 atom stereocenters. The van der Waals surface area contributed by atoms with Crippen LogP contribution in [0, 0.1) is 0 Å². The number of benzene rings is 1. The van der Waals surface area contributed by atoms with Gasteiger partial charge in [-0.1, -0.05) is 0 Å². The van der Waals surface area contributed by atoms with Crippen LogP contribution in [0.3, 0.4) is 0 Å². The van der Waals surface area contributed by atoms with E-state index in [0.717, 1.165) is 0 Å². The van der Waals surface area contributed by atoms with Gasteiger partial charge in [0.2, 0.25) is 0 Å². The molecule has 0 saturated heterocycles. The fourth-order valence-electron chi connectivity index (χ4n) is 0.663. The highest BCUT2D eigenvalue weighted by Crippen LogP contribution is 2.16. The maximum Gasteiger partial charge on any atom is 0.294 e. The van der Waals surface area contributed by atoms with Crippen LogP contribution in [0.1, 0.15) is 0 Å². The minimum Gasteiger partial charge on any atom is -0.428 e. The lowest BCUT2D eigenvalue weighted by Crippen LogP contribution is -1.96. The summed E-state index contributed by atoms with van der Waals surface area (Å²) in [5, 5.41) is 0. The molecule has 4 nitrogen and oxygen atoms in total. The number of halogens is 1. The summed E-state index contributed by atoms with van der Waals surface area (Å²) < 4.78 is 34.4. The van der Waals surface area contributed by atoms with Gasteiger partial charge < -0.3 is 3.07 Å². The van der Waals surface area contributed by atoms with E-state index in [1.54, 1.807) is 23.0 Å². The molecular formula is C6H5IO4S. The smallest absolute Gasteiger partial charge is 0.294 e. The summed E-state index contributed by atoms with van der Waals surface area (Å²) in [4.78, 5) is -0.139. The zero-order valence-corrected chi connectivity index (χ0v) is 8.74. The van der Waals surface area contributed by atoms with E-state index >= 15 is 0 Å². The van der Waals surface area contributed by atoms with Crippen LogP contribution in [0.2, 0.25) is 0 Å². The Morgan fingerprint density at radius 1 is 1.25 bits per heavy atom. The van der Waals surface area contributed by atoms with Crippen molar-refractivity contribution < 1.29 is 16.0 Å². The molecule has 0 aliphatic heterocycles. The highest BCUT2D eigenvalue weighted by atomic mass is 127. The minimum absolute atomic E-state index is 0.139. The van der Waals surface area contributed by atoms with Gasteiger partial charge in [0, 0.05) is 0 Å². The van der Waals surface area contributed by atoms with Gasteiger partial charge in [-0.3, -0.25) is 4.55 Å². The first-order valence-corrected chi connectivity index (χ1v) is 5.22. The van der Waals surface area contributed by atoms with Crippen LogP contribution in [-0.4, -0.2) is 13.0 Å². The highest BCUT2D eigenvalue weighted by molar-refractivity contribution is 14.1. The molecule has 0 radical (unpaired) electrons. The van der Waals surface area contributed by atoms with Gasteiger partial charge in [0.25, 0.3) is 10.1 Å². The molecule has 0 spiro atoms. The normalized spacial score (nSPS) is 11.2. The molecule has 1 aromatic carbocycles. The van der Waals surface area contributed by atoms with Crippen LogP contribution in [-0.2, 0) is 10.1 Å². The van der Waals surface area contributed by atoms with Crippen LogP contribution < -0.4 is 3.07 Å². The Kier molecular flexibility index (Phi) is 2.91. The average molecular weight is 300 g/mol. The Morgan fingerprint density at radius 3 is 2.08 bits per heavy atom. The first-order chi connectivity index (χ1) is 5.54. The van der Waals surface area contributed by atoms with Crippen molar-refractivity contribution in [3.8, 4) is 5.75 Å². The number of hydrogen-bond donors (Lipinski definition) is 1. The third-order valence-electron chi connectivity index (χ3n) is 1.21. The zero-order chi connectivity index (χ0) is 9.19. The highest BCUT2D eigenvalue weighted by Gasteiger charge is 2.07. The topological polar surface area (TPSA) is 63.6 Å². The van der Waals surface area contributed by atoms with Crippen molar-refractivity contribution in [2.24, 2.45) is 0 Å². The summed E-state index contributed by atoms with van der Waals surface area (Å²) in [6.45, 7) is 0. The largest absolute Gasteiger partial charge is 0.428 e. The van der Waals surface area contributed by atoms with Crippen LogP contribution in [0.25, 0.3) is 0 Å². The standard InChI is InChI=1S/C6H5IO4S/c7-11-5-1-3-6(4-2-5)12(8,9)10/h1-4H,(H,8,9,10). The predicted molar refractivity (Wildman–Crippen MR) is 50.9 cm³/mol. The zero-order valence-electron chi connectivity index (χ0n) is 5.77. The second kappa shape index (κ2) is 3.58. The number of rotatable bonds is 2. The van der Waals surface area contributed by atoms with E-state index < -0.39 is 10.1 Å². The first-order valence-electron chi connectivity index (χ1n) is 2.90. The molecule has 66 valence electrons. The van der Waals surface area contributed by atoms with Gasteiger partial charge in [0.05, 0.1) is 4.90 Å². The van der Waals surface area contributed by atoms with Crippen molar-refractivity contribution in [3.63, 3.8) is 0 Å². The van der Waals surface area contributed by atoms with Crippen LogP contribution >= 0.6 is 23.0 Å². The molecule has 0 amide bonds. The molecule has 1 N–H and O–H groups in total. The van der Waals surface area contributed by atoms with Crippen molar-refractivity contribution in [1.29, 1.82) is 0 Å². The van der Waals surface area contributed by atoms with E-state index in [1.165, 1.54) is 24.3 Å². The first kappa shape index (κ1) is 9.75. The van der Waals surface area contributed by atoms with Crippen molar-refractivity contribution in [3.05, 3.63) is 24.3 Å². The summed E-state index contributed by atoms with van der Waals surface area (Å²) >= 11 is 1.67. The molecule has 12 heavy (non-hydrogen) atoms. The molecule has 6 heteroatoms. The molecule has 1 aromatic rings. The monoisotopic (exact) mass is 300 g/mol. The summed E-state index contributed by atoms with van der Waals surface area (Å²) in [5.41, 5.74) is 0. The maximum atomic E-state index is 10.5. The van der Waals surface area contributed by atoms with Gasteiger partial charge in [-0.25, -0.2) is 0 Å². The molecule has 0 aliphatic rings. The molecule has 0 bridgehead atoms. The van der Waals surface area contributed by atoms with Gasteiger partial charge in [-0.05, 0) is 24.3 Å². The van der Waals surface area contributed by atoms with Crippen LogP contribution in [0.5, 0.6) is 5.75 Å². The lowest BCUT2D eigenvalue weighted by Gasteiger charge is -1.97. The van der Waals surface area contributed by atoms with Crippen LogP contribution in [0.4, 0.5) is 0 Å². The average Bonchev–Trinajstić information content (AvgIpc) is 2.03. The van der Waals surface area contributed by atoms with E-state index in [4.69, 9.17) is 7.62 Å². The molecule has 0 saturated carbocycles. The van der Waals surface area contributed by atoms with E-state index in [0.29, 0.717) is 5.75 Å². The molecule has 0 aliphatic carbocycles. The Hall–Kier alpha value is -0.340.